The number of unbranched alkanes of at least 4 members (excludes halogenated alkanes) is 2. The second-order valence-electron chi connectivity index (χ2n) is 7.27. The first-order valence-corrected chi connectivity index (χ1v) is 9.57. The van der Waals surface area contributed by atoms with E-state index in [1.807, 2.05) is 6.33 Å². The number of imidazole rings is 1. The van der Waals surface area contributed by atoms with Crippen molar-refractivity contribution in [3.8, 4) is 0 Å². The second-order valence-corrected chi connectivity index (χ2v) is 7.63. The van der Waals surface area contributed by atoms with Crippen LogP contribution in [0.1, 0.15) is 57.9 Å². The van der Waals surface area contributed by atoms with Crippen LogP contribution < -0.4 is 0 Å². The zero-order valence-electron chi connectivity index (χ0n) is 14.4. The van der Waals surface area contributed by atoms with E-state index in [2.05, 4.69) is 26.4 Å². The second kappa shape index (κ2) is 6.90. The SMILES string of the molecule is CCCCCC(=O)O[C@H]1C[C@H]2C[C@@H]1C[C@@H]2n1cnc2c(Cl)ncnc21. The van der Waals surface area contributed by atoms with E-state index in [4.69, 9.17) is 16.3 Å². The highest BCUT2D eigenvalue weighted by Gasteiger charge is 2.48. The predicted molar refractivity (Wildman–Crippen MR) is 94.2 cm³/mol. The number of halogens is 1. The number of carbonyl (C=O) groups excluding carboxylic acids is 1. The number of esters is 1. The van der Waals surface area contributed by atoms with Gasteiger partial charge in [0.1, 0.15) is 17.9 Å². The number of hydrogen-bond donors (Lipinski definition) is 0. The Morgan fingerprint density at radius 2 is 2.12 bits per heavy atom. The van der Waals surface area contributed by atoms with Crippen LogP contribution in [-0.2, 0) is 9.53 Å². The van der Waals surface area contributed by atoms with Crippen LogP contribution in [0.3, 0.4) is 0 Å². The maximum atomic E-state index is 12.0. The van der Waals surface area contributed by atoms with Crippen molar-refractivity contribution in [2.24, 2.45) is 11.8 Å². The number of nitrogens with zero attached hydrogens (tertiary/aromatic N) is 4. The number of rotatable bonds is 6. The first kappa shape index (κ1) is 16.8. The molecule has 6 nitrogen and oxygen atoms in total. The largest absolute Gasteiger partial charge is 0.462 e. The van der Waals surface area contributed by atoms with E-state index in [0.29, 0.717) is 35.0 Å². The van der Waals surface area contributed by atoms with E-state index >= 15 is 0 Å². The molecule has 2 aliphatic carbocycles. The topological polar surface area (TPSA) is 69.9 Å². The molecule has 2 aromatic heterocycles. The molecular formula is C18H23ClN4O2. The van der Waals surface area contributed by atoms with Gasteiger partial charge < -0.3 is 9.30 Å². The summed E-state index contributed by atoms with van der Waals surface area (Å²) in [6, 6.07) is 0.357. The van der Waals surface area contributed by atoms with Gasteiger partial charge in [-0.2, -0.15) is 0 Å². The Balaban J connectivity index is 1.41. The van der Waals surface area contributed by atoms with Crippen molar-refractivity contribution < 1.29 is 9.53 Å². The van der Waals surface area contributed by atoms with Crippen molar-refractivity contribution in [2.75, 3.05) is 0 Å². The highest BCUT2D eigenvalue weighted by molar-refractivity contribution is 6.33. The first-order valence-electron chi connectivity index (χ1n) is 9.20. The molecule has 7 heteroatoms. The van der Waals surface area contributed by atoms with Crippen LogP contribution in [0.2, 0.25) is 5.15 Å². The van der Waals surface area contributed by atoms with Crippen LogP contribution in [0, 0.1) is 11.8 Å². The highest BCUT2D eigenvalue weighted by atomic mass is 35.5. The number of ether oxygens (including phenoxy) is 1. The van der Waals surface area contributed by atoms with Gasteiger partial charge in [-0.15, -0.1) is 0 Å². The van der Waals surface area contributed by atoms with Crippen LogP contribution >= 0.6 is 11.6 Å². The Morgan fingerprint density at radius 1 is 1.24 bits per heavy atom. The third-order valence-electron chi connectivity index (χ3n) is 5.69. The van der Waals surface area contributed by atoms with E-state index in [1.165, 1.54) is 6.33 Å². The fraction of sp³-hybridized carbons (Fsp3) is 0.667. The first-order chi connectivity index (χ1) is 12.2. The van der Waals surface area contributed by atoms with Crippen LogP contribution in [0.4, 0.5) is 0 Å². The molecular weight excluding hydrogens is 340 g/mol. The normalized spacial score (nSPS) is 27.9. The molecule has 0 N–H and O–H groups in total. The summed E-state index contributed by atoms with van der Waals surface area (Å²) in [5.41, 5.74) is 1.46. The van der Waals surface area contributed by atoms with Crippen molar-refractivity contribution >= 4 is 28.7 Å². The fourth-order valence-electron chi connectivity index (χ4n) is 4.49. The minimum Gasteiger partial charge on any atom is -0.462 e. The molecule has 4 atom stereocenters. The van der Waals surface area contributed by atoms with E-state index in [1.54, 1.807) is 0 Å². The van der Waals surface area contributed by atoms with Gasteiger partial charge in [0, 0.05) is 12.5 Å². The molecule has 25 heavy (non-hydrogen) atoms. The fourth-order valence-corrected chi connectivity index (χ4v) is 4.67. The van der Waals surface area contributed by atoms with Gasteiger partial charge >= 0.3 is 5.97 Å². The van der Waals surface area contributed by atoms with Crippen LogP contribution in [0.5, 0.6) is 0 Å². The molecule has 2 fully saturated rings. The summed E-state index contributed by atoms with van der Waals surface area (Å²) >= 11 is 6.10. The number of hydrogen-bond acceptors (Lipinski definition) is 5. The van der Waals surface area contributed by atoms with Gasteiger partial charge in [0.25, 0.3) is 0 Å². The Bertz CT molecular complexity index is 778. The van der Waals surface area contributed by atoms with Crippen molar-refractivity contribution in [2.45, 2.75) is 64.0 Å². The molecule has 2 saturated carbocycles. The number of fused-ring (bicyclic) bond motifs is 3. The van der Waals surface area contributed by atoms with Crippen molar-refractivity contribution in [3.63, 3.8) is 0 Å². The van der Waals surface area contributed by atoms with Gasteiger partial charge in [-0.3, -0.25) is 4.79 Å². The molecule has 2 bridgehead atoms. The average molecular weight is 363 g/mol. The minimum atomic E-state index is -0.0323. The van der Waals surface area contributed by atoms with E-state index in [0.717, 1.165) is 44.2 Å². The smallest absolute Gasteiger partial charge is 0.306 e. The molecule has 0 aromatic carbocycles. The maximum Gasteiger partial charge on any atom is 0.306 e. The maximum absolute atomic E-state index is 12.0. The standard InChI is InChI=1S/C18H23ClN4O2/c1-2-3-4-5-15(24)25-14-8-11-6-12(14)7-13(11)23-10-22-16-17(19)20-9-21-18(16)23/h9-14H,2-8H2,1H3/t11-,12-,13+,14+/m1/s1. The van der Waals surface area contributed by atoms with Gasteiger partial charge in [-0.05, 0) is 37.5 Å². The lowest BCUT2D eigenvalue weighted by atomic mass is 9.92. The van der Waals surface area contributed by atoms with Crippen LogP contribution in [-0.4, -0.2) is 31.6 Å². The Hall–Kier alpha value is -1.69. The average Bonchev–Trinajstić information content (AvgIpc) is 3.28. The molecule has 2 aromatic rings. The molecule has 4 rings (SSSR count). The van der Waals surface area contributed by atoms with Crippen molar-refractivity contribution in [1.29, 1.82) is 0 Å². The minimum absolute atomic E-state index is 0.0323. The predicted octanol–water partition coefficient (Wildman–Crippen LogP) is 3.94. The van der Waals surface area contributed by atoms with Gasteiger partial charge in [0.2, 0.25) is 0 Å². The Kier molecular flexibility index (Phi) is 4.63. The summed E-state index contributed by atoms with van der Waals surface area (Å²) in [5, 5.41) is 0.394. The van der Waals surface area contributed by atoms with Gasteiger partial charge in [-0.25, -0.2) is 15.0 Å². The molecule has 2 heterocycles. The van der Waals surface area contributed by atoms with Crippen LogP contribution in [0.15, 0.2) is 12.7 Å². The lowest BCUT2D eigenvalue weighted by Crippen LogP contribution is -2.28. The quantitative estimate of drug-likeness (QED) is 0.442. The highest BCUT2D eigenvalue weighted by Crippen LogP contribution is 2.52. The summed E-state index contributed by atoms with van der Waals surface area (Å²) < 4.78 is 7.89. The van der Waals surface area contributed by atoms with E-state index < -0.39 is 0 Å². The van der Waals surface area contributed by atoms with Gasteiger partial charge in [0.05, 0.1) is 6.33 Å². The Labute approximate surface area is 152 Å². The summed E-state index contributed by atoms with van der Waals surface area (Å²) in [4.78, 5) is 24.7. The lowest BCUT2D eigenvalue weighted by molar-refractivity contribution is -0.152. The molecule has 0 spiro atoms. The lowest BCUT2D eigenvalue weighted by Gasteiger charge is -2.28. The molecule has 2 aliphatic rings. The third-order valence-corrected chi connectivity index (χ3v) is 5.97. The van der Waals surface area contributed by atoms with Crippen LogP contribution in [0.25, 0.3) is 11.2 Å². The summed E-state index contributed by atoms with van der Waals surface area (Å²) in [6.07, 6.45) is 10.1. The summed E-state index contributed by atoms with van der Waals surface area (Å²) in [7, 11) is 0. The monoisotopic (exact) mass is 362 g/mol. The zero-order valence-corrected chi connectivity index (χ0v) is 15.2. The summed E-state index contributed by atoms with van der Waals surface area (Å²) in [5.74, 6) is 0.916. The molecule has 0 radical (unpaired) electrons. The van der Waals surface area contributed by atoms with Crippen molar-refractivity contribution in [1.82, 2.24) is 19.5 Å². The third kappa shape index (κ3) is 3.12. The number of aromatic nitrogens is 4. The summed E-state index contributed by atoms with van der Waals surface area (Å²) in [6.45, 7) is 2.14. The molecule has 134 valence electrons. The van der Waals surface area contributed by atoms with E-state index in [9.17, 15) is 4.79 Å². The van der Waals surface area contributed by atoms with Crippen molar-refractivity contribution in [3.05, 3.63) is 17.8 Å². The molecule has 0 saturated heterocycles. The molecule has 0 aliphatic heterocycles. The molecule has 0 unspecified atom stereocenters. The van der Waals surface area contributed by atoms with Gasteiger partial charge in [0.15, 0.2) is 10.8 Å². The number of carbonyl (C=O) groups is 1. The Morgan fingerprint density at radius 3 is 2.88 bits per heavy atom. The van der Waals surface area contributed by atoms with E-state index in [-0.39, 0.29) is 12.1 Å². The zero-order chi connectivity index (χ0) is 17.4. The van der Waals surface area contributed by atoms with Gasteiger partial charge in [-0.1, -0.05) is 31.4 Å². The molecule has 0 amide bonds.